The number of rotatable bonds is 3. The van der Waals surface area contributed by atoms with Crippen LogP contribution in [0.3, 0.4) is 0 Å². The molecular formula is C11H15NO. The van der Waals surface area contributed by atoms with Crippen LogP contribution in [0.4, 0.5) is 5.69 Å². The average molecular weight is 177 g/mol. The number of carbonyl (C=O) groups is 1. The molecule has 2 nitrogen and oxygen atoms in total. The number of nitrogens with one attached hydrogen (secondary N) is 1. The summed E-state index contributed by atoms with van der Waals surface area (Å²) in [5, 5.41) is 2.87. The maximum absolute atomic E-state index is 11.1. The molecule has 1 rings (SSSR count). The molecular weight excluding hydrogens is 162 g/mol. The Morgan fingerprint density at radius 2 is 2.00 bits per heavy atom. The van der Waals surface area contributed by atoms with Gasteiger partial charge in [0.05, 0.1) is 0 Å². The van der Waals surface area contributed by atoms with Crippen LogP contribution in [0.1, 0.15) is 25.8 Å². The second-order valence-corrected chi connectivity index (χ2v) is 2.91. The lowest BCUT2D eigenvalue weighted by Crippen LogP contribution is -2.10. The number of hydrogen-bond acceptors (Lipinski definition) is 1. The number of para-hydroxylation sites is 1. The summed E-state index contributed by atoms with van der Waals surface area (Å²) in [6, 6.07) is 7.89. The van der Waals surface area contributed by atoms with Crippen LogP contribution < -0.4 is 5.32 Å². The van der Waals surface area contributed by atoms with Crippen molar-refractivity contribution in [2.75, 3.05) is 5.32 Å². The van der Waals surface area contributed by atoms with E-state index in [2.05, 4.69) is 12.2 Å². The number of aryl methyl sites for hydroxylation is 1. The number of carbonyl (C=O) groups excluding carboxylic acids is 1. The lowest BCUT2D eigenvalue weighted by molar-refractivity contribution is -0.115. The molecule has 0 heterocycles. The Morgan fingerprint density at radius 1 is 1.31 bits per heavy atom. The van der Waals surface area contributed by atoms with E-state index in [0.717, 1.165) is 12.1 Å². The summed E-state index contributed by atoms with van der Waals surface area (Å²) < 4.78 is 0. The minimum absolute atomic E-state index is 0.0703. The van der Waals surface area contributed by atoms with Gasteiger partial charge in [0.2, 0.25) is 5.91 Å². The molecule has 0 atom stereocenters. The Balaban J connectivity index is 2.81. The molecule has 0 unspecified atom stereocenters. The molecule has 0 aromatic heterocycles. The van der Waals surface area contributed by atoms with E-state index in [9.17, 15) is 4.79 Å². The van der Waals surface area contributed by atoms with Crippen LogP contribution in [0.25, 0.3) is 0 Å². The molecule has 13 heavy (non-hydrogen) atoms. The fourth-order valence-electron chi connectivity index (χ4n) is 1.19. The van der Waals surface area contributed by atoms with Gasteiger partial charge in [-0.2, -0.15) is 0 Å². The summed E-state index contributed by atoms with van der Waals surface area (Å²) in [7, 11) is 0. The van der Waals surface area contributed by atoms with Gasteiger partial charge in [0, 0.05) is 12.1 Å². The van der Waals surface area contributed by atoms with Crippen molar-refractivity contribution in [3.8, 4) is 0 Å². The van der Waals surface area contributed by atoms with Crippen LogP contribution in [-0.4, -0.2) is 5.91 Å². The van der Waals surface area contributed by atoms with Crippen LogP contribution in [-0.2, 0) is 11.2 Å². The summed E-state index contributed by atoms with van der Waals surface area (Å²) >= 11 is 0. The Morgan fingerprint density at radius 3 is 2.62 bits per heavy atom. The Bertz CT molecular complexity index is 294. The third-order valence-electron chi connectivity index (χ3n) is 1.99. The summed E-state index contributed by atoms with van der Waals surface area (Å²) in [6.45, 7) is 3.93. The first kappa shape index (κ1) is 9.78. The van der Waals surface area contributed by atoms with Gasteiger partial charge in [0.1, 0.15) is 0 Å². The Hall–Kier alpha value is -1.31. The monoisotopic (exact) mass is 177 g/mol. The van der Waals surface area contributed by atoms with Crippen molar-refractivity contribution in [1.82, 2.24) is 0 Å². The first-order valence-electron chi connectivity index (χ1n) is 4.65. The van der Waals surface area contributed by atoms with Crippen LogP contribution in [0.15, 0.2) is 24.3 Å². The fraction of sp³-hybridized carbons (Fsp3) is 0.364. The zero-order valence-electron chi connectivity index (χ0n) is 8.13. The lowest BCUT2D eigenvalue weighted by atomic mass is 10.1. The highest BCUT2D eigenvalue weighted by atomic mass is 16.1. The van der Waals surface area contributed by atoms with Crippen molar-refractivity contribution < 1.29 is 4.79 Å². The second kappa shape index (κ2) is 4.65. The maximum Gasteiger partial charge on any atom is 0.224 e. The SMILES string of the molecule is CCC(=O)Nc1ccccc1CC. The van der Waals surface area contributed by atoms with Crippen molar-refractivity contribution in [3.63, 3.8) is 0 Å². The van der Waals surface area contributed by atoms with Crippen LogP contribution in [0, 0.1) is 0 Å². The molecule has 0 saturated heterocycles. The summed E-state index contributed by atoms with van der Waals surface area (Å²) in [5.74, 6) is 0.0703. The van der Waals surface area contributed by atoms with Crippen LogP contribution in [0.2, 0.25) is 0 Å². The van der Waals surface area contributed by atoms with E-state index in [1.54, 1.807) is 0 Å². The normalized spacial score (nSPS) is 9.69. The van der Waals surface area contributed by atoms with Crippen LogP contribution in [0.5, 0.6) is 0 Å². The van der Waals surface area contributed by atoms with E-state index in [-0.39, 0.29) is 5.91 Å². The van der Waals surface area contributed by atoms with E-state index in [0.29, 0.717) is 6.42 Å². The van der Waals surface area contributed by atoms with E-state index in [1.807, 2.05) is 31.2 Å². The zero-order chi connectivity index (χ0) is 9.68. The Kier molecular flexibility index (Phi) is 3.50. The molecule has 1 aromatic rings. The van der Waals surface area contributed by atoms with Gasteiger partial charge in [-0.3, -0.25) is 4.79 Å². The van der Waals surface area contributed by atoms with Crippen molar-refractivity contribution in [3.05, 3.63) is 29.8 Å². The van der Waals surface area contributed by atoms with Gasteiger partial charge in [0.25, 0.3) is 0 Å². The minimum atomic E-state index is 0.0703. The molecule has 0 fully saturated rings. The van der Waals surface area contributed by atoms with E-state index >= 15 is 0 Å². The van der Waals surface area contributed by atoms with Crippen molar-refractivity contribution in [2.45, 2.75) is 26.7 Å². The molecule has 2 heteroatoms. The highest BCUT2D eigenvalue weighted by Crippen LogP contribution is 2.15. The van der Waals surface area contributed by atoms with Gasteiger partial charge in [-0.25, -0.2) is 0 Å². The smallest absolute Gasteiger partial charge is 0.224 e. The molecule has 0 radical (unpaired) electrons. The summed E-state index contributed by atoms with van der Waals surface area (Å²) in [5.41, 5.74) is 2.13. The van der Waals surface area contributed by atoms with Crippen molar-refractivity contribution >= 4 is 11.6 Å². The quantitative estimate of drug-likeness (QED) is 0.755. The maximum atomic E-state index is 11.1. The van der Waals surface area contributed by atoms with E-state index in [1.165, 1.54) is 5.56 Å². The summed E-state index contributed by atoms with van der Waals surface area (Å²) in [4.78, 5) is 11.1. The van der Waals surface area contributed by atoms with Crippen molar-refractivity contribution in [1.29, 1.82) is 0 Å². The molecule has 0 bridgehead atoms. The number of amides is 1. The minimum Gasteiger partial charge on any atom is -0.326 e. The molecule has 1 amide bonds. The first-order valence-corrected chi connectivity index (χ1v) is 4.65. The molecule has 0 aliphatic carbocycles. The topological polar surface area (TPSA) is 29.1 Å². The van der Waals surface area contributed by atoms with Gasteiger partial charge in [-0.15, -0.1) is 0 Å². The Labute approximate surface area is 79.0 Å². The standard InChI is InChI=1S/C11H15NO/c1-3-9-7-5-6-8-10(9)12-11(13)4-2/h5-8H,3-4H2,1-2H3,(H,12,13). The summed E-state index contributed by atoms with van der Waals surface area (Å²) in [6.07, 6.45) is 1.47. The molecule has 70 valence electrons. The molecule has 0 saturated carbocycles. The highest BCUT2D eigenvalue weighted by Gasteiger charge is 2.01. The van der Waals surface area contributed by atoms with Gasteiger partial charge in [-0.05, 0) is 18.1 Å². The number of benzene rings is 1. The van der Waals surface area contributed by atoms with Gasteiger partial charge >= 0.3 is 0 Å². The highest BCUT2D eigenvalue weighted by molar-refractivity contribution is 5.91. The number of anilines is 1. The third-order valence-corrected chi connectivity index (χ3v) is 1.99. The van der Waals surface area contributed by atoms with Crippen LogP contribution >= 0.6 is 0 Å². The molecule has 0 aliphatic rings. The fourth-order valence-corrected chi connectivity index (χ4v) is 1.19. The lowest BCUT2D eigenvalue weighted by Gasteiger charge is -2.07. The van der Waals surface area contributed by atoms with Gasteiger partial charge in [-0.1, -0.05) is 32.0 Å². The predicted molar refractivity (Wildman–Crippen MR) is 54.7 cm³/mol. The van der Waals surface area contributed by atoms with Crippen molar-refractivity contribution in [2.24, 2.45) is 0 Å². The van der Waals surface area contributed by atoms with E-state index in [4.69, 9.17) is 0 Å². The third kappa shape index (κ3) is 2.58. The molecule has 1 aromatic carbocycles. The molecule has 1 N–H and O–H groups in total. The van der Waals surface area contributed by atoms with Gasteiger partial charge < -0.3 is 5.32 Å². The zero-order valence-corrected chi connectivity index (χ0v) is 8.13. The predicted octanol–water partition coefficient (Wildman–Crippen LogP) is 2.60. The second-order valence-electron chi connectivity index (χ2n) is 2.91. The van der Waals surface area contributed by atoms with E-state index < -0.39 is 0 Å². The van der Waals surface area contributed by atoms with Gasteiger partial charge in [0.15, 0.2) is 0 Å². The average Bonchev–Trinajstić information content (AvgIpc) is 2.18. The first-order chi connectivity index (χ1) is 6.27. The number of hydrogen-bond donors (Lipinski definition) is 1. The molecule has 0 spiro atoms. The largest absolute Gasteiger partial charge is 0.326 e. The molecule has 0 aliphatic heterocycles.